The number of aliphatic imine (C=N–C) groups is 1. The van der Waals surface area contributed by atoms with Gasteiger partial charge in [0, 0.05) is 19.3 Å². The molecule has 0 aliphatic carbocycles. The predicted molar refractivity (Wildman–Crippen MR) is 95.6 cm³/mol. The van der Waals surface area contributed by atoms with Gasteiger partial charge in [0.05, 0.1) is 12.7 Å². The van der Waals surface area contributed by atoms with Crippen LogP contribution in [0.5, 0.6) is 0 Å². The van der Waals surface area contributed by atoms with Gasteiger partial charge in [-0.1, -0.05) is 12.8 Å². The molecule has 0 saturated carbocycles. The molecule has 1 heterocycles. The van der Waals surface area contributed by atoms with E-state index < -0.39 is 18.6 Å². The summed E-state index contributed by atoms with van der Waals surface area (Å²) in [6.07, 6.45) is 3.74. The Kier molecular flexibility index (Phi) is 8.03. The van der Waals surface area contributed by atoms with Crippen LogP contribution in [0.3, 0.4) is 0 Å². The van der Waals surface area contributed by atoms with Gasteiger partial charge in [-0.15, -0.1) is 6.42 Å². The van der Waals surface area contributed by atoms with Crippen LogP contribution in [0.2, 0.25) is 0 Å². The quantitative estimate of drug-likeness (QED) is 0.522. The third-order valence-corrected chi connectivity index (χ3v) is 3.36. The third kappa shape index (κ3) is 5.44. The minimum atomic E-state index is -5.08. The molecule has 0 saturated heterocycles. The number of alkyl halides is 3. The Morgan fingerprint density at radius 2 is 2.08 bits per heavy atom. The van der Waals surface area contributed by atoms with Crippen molar-refractivity contribution in [3.05, 3.63) is 13.1 Å². The van der Waals surface area contributed by atoms with Gasteiger partial charge in [0.1, 0.15) is 5.69 Å². The van der Waals surface area contributed by atoms with Crippen molar-refractivity contribution in [3.8, 4) is 12.3 Å². The highest BCUT2D eigenvalue weighted by Crippen LogP contribution is 2.31. The van der Waals surface area contributed by atoms with E-state index in [4.69, 9.17) is 6.42 Å². The van der Waals surface area contributed by atoms with Crippen molar-refractivity contribution >= 4 is 29.6 Å². The maximum atomic E-state index is 12.9. The van der Waals surface area contributed by atoms with Crippen LogP contribution in [-0.4, -0.2) is 47.9 Å². The van der Waals surface area contributed by atoms with Gasteiger partial charge >= 0.3 is 12.1 Å². The number of halogens is 3. The molecule has 26 heavy (non-hydrogen) atoms. The Morgan fingerprint density at radius 1 is 1.42 bits per heavy atom. The number of carbonyl (C=O) groups excluding carboxylic acids is 1. The van der Waals surface area contributed by atoms with Crippen molar-refractivity contribution in [3.63, 3.8) is 0 Å². The van der Waals surface area contributed by atoms with Crippen LogP contribution < -0.4 is 9.80 Å². The van der Waals surface area contributed by atoms with E-state index in [9.17, 15) is 18.0 Å². The summed E-state index contributed by atoms with van der Waals surface area (Å²) in [5.41, 5.74) is -0.193. The molecule has 1 rings (SSSR count). The Labute approximate surface area is 151 Å². The predicted octanol–water partition coefficient (Wildman–Crippen LogP) is 3.17. The lowest BCUT2D eigenvalue weighted by Gasteiger charge is -2.24. The van der Waals surface area contributed by atoms with E-state index in [-0.39, 0.29) is 11.5 Å². The molecule has 1 aromatic rings. The lowest BCUT2D eigenvalue weighted by atomic mass is 10.3. The molecule has 0 bridgehead atoms. The number of rotatable bonds is 8. The van der Waals surface area contributed by atoms with E-state index in [2.05, 4.69) is 27.8 Å². The molecule has 9 heteroatoms. The highest BCUT2D eigenvalue weighted by molar-refractivity contribution is 5.99. The number of unbranched alkanes of at least 4 members (excludes halogenated alkanes) is 1. The Balaban J connectivity index is 3.45. The lowest BCUT2D eigenvalue weighted by molar-refractivity contribution is -0.170. The third-order valence-electron chi connectivity index (χ3n) is 3.36. The van der Waals surface area contributed by atoms with Crippen LogP contribution in [0.25, 0.3) is 0 Å². The summed E-state index contributed by atoms with van der Waals surface area (Å²) in [4.78, 5) is 26.4. The van der Waals surface area contributed by atoms with Gasteiger partial charge in [0.2, 0.25) is 5.95 Å². The first-order valence-electron chi connectivity index (χ1n) is 8.05. The van der Waals surface area contributed by atoms with Gasteiger partial charge in [0.15, 0.2) is 5.82 Å². The minimum absolute atomic E-state index is 0.0526. The Bertz CT molecular complexity index is 678. The van der Waals surface area contributed by atoms with Crippen LogP contribution in [-0.2, 0) is 4.79 Å². The van der Waals surface area contributed by atoms with Crippen LogP contribution in [0.15, 0.2) is 11.2 Å². The van der Waals surface area contributed by atoms with E-state index in [1.165, 1.54) is 6.21 Å². The van der Waals surface area contributed by atoms with Gasteiger partial charge in [-0.05, 0) is 26.7 Å². The standard InChI is InChI=1S/C17H21F3N5O/c1-5-9-10-21-14-13(12-22-16(23-14)24(7-3)8-4)25(11-6-2)15(26)17(18,19)20/h2,10,12H,1,5,7-9,11H2,3-4H3. The zero-order valence-electron chi connectivity index (χ0n) is 14.8. The second kappa shape index (κ2) is 9.75. The minimum Gasteiger partial charge on any atom is -0.341 e. The van der Waals surface area contributed by atoms with Crippen LogP contribution in [0.1, 0.15) is 26.7 Å². The van der Waals surface area contributed by atoms with E-state index in [0.717, 1.165) is 6.20 Å². The first-order valence-corrected chi connectivity index (χ1v) is 8.05. The molecule has 1 amide bonds. The van der Waals surface area contributed by atoms with Crippen LogP contribution in [0, 0.1) is 19.3 Å². The SMILES string of the molecule is C#CCN(C(=O)C(F)(F)F)c1cnc(N(CC)CC)nc1N=CCC[CH2]. The maximum absolute atomic E-state index is 12.9. The van der Waals surface area contributed by atoms with Crippen LogP contribution in [0.4, 0.5) is 30.6 Å². The fraction of sp³-hybridized carbons (Fsp3) is 0.471. The molecular weight excluding hydrogens is 347 g/mol. The number of nitrogens with zero attached hydrogens (tertiary/aromatic N) is 5. The topological polar surface area (TPSA) is 61.7 Å². The monoisotopic (exact) mass is 368 g/mol. The van der Waals surface area contributed by atoms with E-state index in [0.29, 0.717) is 36.8 Å². The Morgan fingerprint density at radius 3 is 2.58 bits per heavy atom. The van der Waals surface area contributed by atoms with Gasteiger partial charge in [-0.3, -0.25) is 9.69 Å². The number of carbonyl (C=O) groups is 1. The molecule has 6 nitrogen and oxygen atoms in total. The number of hydrogen-bond acceptors (Lipinski definition) is 5. The van der Waals surface area contributed by atoms with E-state index >= 15 is 0 Å². The highest BCUT2D eigenvalue weighted by Gasteiger charge is 2.43. The summed E-state index contributed by atoms with van der Waals surface area (Å²) in [6, 6.07) is 0. The van der Waals surface area contributed by atoms with Crippen molar-refractivity contribution in [1.29, 1.82) is 0 Å². The molecular formula is C17H21F3N5O. The molecule has 0 aliphatic rings. The van der Waals surface area contributed by atoms with Crippen molar-refractivity contribution in [2.75, 3.05) is 29.4 Å². The van der Waals surface area contributed by atoms with Gasteiger partial charge < -0.3 is 4.90 Å². The van der Waals surface area contributed by atoms with Crippen molar-refractivity contribution in [2.45, 2.75) is 32.9 Å². The largest absolute Gasteiger partial charge is 0.471 e. The molecule has 141 valence electrons. The fourth-order valence-corrected chi connectivity index (χ4v) is 2.05. The molecule has 1 radical (unpaired) electrons. The highest BCUT2D eigenvalue weighted by atomic mass is 19.4. The molecule has 0 aliphatic heterocycles. The summed E-state index contributed by atoms with van der Waals surface area (Å²) in [5, 5.41) is 0. The zero-order valence-corrected chi connectivity index (χ0v) is 14.8. The summed E-state index contributed by atoms with van der Waals surface area (Å²) < 4.78 is 38.7. The van der Waals surface area contributed by atoms with E-state index in [1.807, 2.05) is 13.8 Å². The van der Waals surface area contributed by atoms with Crippen molar-refractivity contribution < 1.29 is 18.0 Å². The number of amides is 1. The van der Waals surface area contributed by atoms with Gasteiger partial charge in [0.25, 0.3) is 0 Å². The number of terminal acetylenes is 1. The Hall–Kier alpha value is -2.63. The van der Waals surface area contributed by atoms with E-state index in [1.54, 1.807) is 4.90 Å². The van der Waals surface area contributed by atoms with Gasteiger partial charge in [-0.2, -0.15) is 18.2 Å². The summed E-state index contributed by atoms with van der Waals surface area (Å²) in [7, 11) is 0. The van der Waals surface area contributed by atoms with Crippen molar-refractivity contribution in [1.82, 2.24) is 9.97 Å². The molecule has 0 aromatic carbocycles. The number of hydrogen-bond donors (Lipinski definition) is 0. The smallest absolute Gasteiger partial charge is 0.341 e. The fourth-order valence-electron chi connectivity index (χ4n) is 2.05. The normalized spacial score (nSPS) is 11.4. The molecule has 0 atom stereocenters. The van der Waals surface area contributed by atoms with Crippen LogP contribution >= 0.6 is 0 Å². The molecule has 1 aromatic heterocycles. The second-order valence-corrected chi connectivity index (χ2v) is 5.10. The maximum Gasteiger partial charge on any atom is 0.471 e. The first-order chi connectivity index (χ1) is 12.3. The second-order valence-electron chi connectivity index (χ2n) is 5.10. The number of anilines is 2. The molecule has 0 fully saturated rings. The van der Waals surface area contributed by atoms with Gasteiger partial charge in [-0.25, -0.2) is 9.98 Å². The summed E-state index contributed by atoms with van der Waals surface area (Å²) >= 11 is 0. The zero-order chi connectivity index (χ0) is 19.7. The van der Waals surface area contributed by atoms with Crippen molar-refractivity contribution in [2.24, 2.45) is 4.99 Å². The average Bonchev–Trinajstić information content (AvgIpc) is 2.60. The molecule has 0 N–H and O–H groups in total. The number of aromatic nitrogens is 2. The summed E-state index contributed by atoms with van der Waals surface area (Å²) in [5.74, 6) is 0.210. The molecule has 0 unspecified atom stereocenters. The average molecular weight is 368 g/mol. The summed E-state index contributed by atoms with van der Waals surface area (Å²) in [6.45, 7) is 8.08. The first kappa shape index (κ1) is 21.4. The molecule has 0 spiro atoms. The lowest BCUT2D eigenvalue weighted by Crippen LogP contribution is -2.41.